The van der Waals surface area contributed by atoms with Crippen LogP contribution < -0.4 is 10.2 Å². The van der Waals surface area contributed by atoms with Crippen molar-refractivity contribution >= 4 is 23.3 Å². The fourth-order valence-corrected chi connectivity index (χ4v) is 4.18. The third-order valence-corrected chi connectivity index (χ3v) is 6.01. The van der Waals surface area contributed by atoms with Crippen LogP contribution in [0.3, 0.4) is 0 Å². The molecule has 4 rings (SSSR count). The van der Waals surface area contributed by atoms with Crippen LogP contribution in [-0.2, 0) is 4.79 Å². The zero-order valence-electron chi connectivity index (χ0n) is 16.4. The number of carbonyl (C=O) groups is 2. The molecular formula is C22H26N4O2. The first-order chi connectivity index (χ1) is 13.5. The van der Waals surface area contributed by atoms with Crippen molar-refractivity contribution in [2.24, 2.45) is 0 Å². The van der Waals surface area contributed by atoms with Crippen molar-refractivity contribution in [3.8, 4) is 0 Å². The highest BCUT2D eigenvalue weighted by molar-refractivity contribution is 5.96. The van der Waals surface area contributed by atoms with Crippen molar-refractivity contribution in [3.63, 3.8) is 0 Å². The van der Waals surface area contributed by atoms with Gasteiger partial charge >= 0.3 is 6.03 Å². The minimum Gasteiger partial charge on any atom is -0.323 e. The SMILES string of the molecule is Cc1ccccc1NC(=O)N1CC[C@@]2(C1)CN(c1ccccc1)C(=O)CN2C. The standard InChI is InChI=1S/C22H26N4O2/c1-17-8-6-7-11-19(17)23-21(28)25-13-12-22(15-25)16-26(20(27)14-24(22)2)18-9-4-3-5-10-18/h3-11H,12-16H2,1-2H3,(H,23,28)/t22-/m1/s1. The van der Waals surface area contributed by atoms with Gasteiger partial charge in [-0.1, -0.05) is 36.4 Å². The maximum atomic E-state index is 12.8. The number of benzene rings is 2. The number of nitrogens with one attached hydrogen (secondary N) is 1. The highest BCUT2D eigenvalue weighted by Gasteiger charge is 2.48. The summed E-state index contributed by atoms with van der Waals surface area (Å²) in [4.78, 5) is 31.3. The normalized spacial score (nSPS) is 22.7. The summed E-state index contributed by atoms with van der Waals surface area (Å²) in [5.41, 5.74) is 2.59. The van der Waals surface area contributed by atoms with Crippen LogP contribution in [0.5, 0.6) is 0 Å². The molecule has 0 bridgehead atoms. The first kappa shape index (κ1) is 18.5. The van der Waals surface area contributed by atoms with E-state index in [-0.39, 0.29) is 17.5 Å². The van der Waals surface area contributed by atoms with Gasteiger partial charge in [-0.2, -0.15) is 0 Å². The minimum atomic E-state index is -0.215. The molecule has 3 amide bonds. The number of likely N-dealkylation sites (tertiary alicyclic amines) is 1. The molecule has 0 radical (unpaired) electrons. The Morgan fingerprint density at radius 3 is 2.50 bits per heavy atom. The van der Waals surface area contributed by atoms with Crippen molar-refractivity contribution in [1.29, 1.82) is 0 Å². The summed E-state index contributed by atoms with van der Waals surface area (Å²) < 4.78 is 0. The Bertz CT molecular complexity index is 885. The lowest BCUT2D eigenvalue weighted by atomic mass is 9.92. The molecule has 0 unspecified atom stereocenters. The summed E-state index contributed by atoms with van der Waals surface area (Å²) in [6.07, 6.45) is 0.849. The molecule has 0 saturated carbocycles. The van der Waals surface area contributed by atoms with Crippen LogP contribution in [0.25, 0.3) is 0 Å². The molecule has 2 heterocycles. The van der Waals surface area contributed by atoms with Crippen LogP contribution >= 0.6 is 0 Å². The van der Waals surface area contributed by atoms with E-state index in [1.807, 2.05) is 78.4 Å². The molecule has 2 aromatic rings. The van der Waals surface area contributed by atoms with Gasteiger partial charge in [0.15, 0.2) is 0 Å². The van der Waals surface area contributed by atoms with Gasteiger partial charge in [0.2, 0.25) is 5.91 Å². The number of rotatable bonds is 2. The number of anilines is 2. The van der Waals surface area contributed by atoms with Crippen molar-refractivity contribution in [1.82, 2.24) is 9.80 Å². The lowest BCUT2D eigenvalue weighted by Crippen LogP contribution is -2.64. The summed E-state index contributed by atoms with van der Waals surface area (Å²) in [5, 5.41) is 3.03. The van der Waals surface area contributed by atoms with Crippen molar-refractivity contribution in [2.45, 2.75) is 18.9 Å². The highest BCUT2D eigenvalue weighted by Crippen LogP contribution is 2.33. The second-order valence-electron chi connectivity index (χ2n) is 7.81. The average Bonchev–Trinajstić information content (AvgIpc) is 3.13. The van der Waals surface area contributed by atoms with E-state index in [1.54, 1.807) is 0 Å². The van der Waals surface area contributed by atoms with E-state index in [1.165, 1.54) is 0 Å². The number of amides is 3. The summed E-state index contributed by atoms with van der Waals surface area (Å²) in [6, 6.07) is 17.5. The Hall–Kier alpha value is -2.86. The van der Waals surface area contributed by atoms with Crippen LogP contribution in [0, 0.1) is 6.92 Å². The lowest BCUT2D eigenvalue weighted by molar-refractivity contribution is -0.123. The lowest BCUT2D eigenvalue weighted by Gasteiger charge is -2.46. The minimum absolute atomic E-state index is 0.0808. The van der Waals surface area contributed by atoms with E-state index in [2.05, 4.69) is 10.2 Å². The zero-order valence-corrected chi connectivity index (χ0v) is 16.4. The van der Waals surface area contributed by atoms with Gasteiger partial charge in [-0.3, -0.25) is 9.69 Å². The predicted molar refractivity (Wildman–Crippen MR) is 111 cm³/mol. The molecule has 6 nitrogen and oxygen atoms in total. The molecule has 28 heavy (non-hydrogen) atoms. The summed E-state index contributed by atoms with van der Waals surface area (Å²) >= 11 is 0. The van der Waals surface area contributed by atoms with Gasteiger partial charge in [0.1, 0.15) is 0 Å². The molecule has 2 aliphatic rings. The largest absolute Gasteiger partial charge is 0.323 e. The number of aryl methyl sites for hydroxylation is 1. The Morgan fingerprint density at radius 1 is 1.04 bits per heavy atom. The van der Waals surface area contributed by atoms with Crippen molar-refractivity contribution in [2.75, 3.05) is 43.4 Å². The maximum Gasteiger partial charge on any atom is 0.321 e. The number of urea groups is 1. The Balaban J connectivity index is 1.50. The Labute approximate surface area is 165 Å². The first-order valence-electron chi connectivity index (χ1n) is 9.67. The van der Waals surface area contributed by atoms with Gasteiger partial charge in [-0.25, -0.2) is 4.79 Å². The molecule has 1 N–H and O–H groups in total. The second kappa shape index (κ2) is 7.28. The van der Waals surface area contributed by atoms with Crippen LogP contribution in [0.1, 0.15) is 12.0 Å². The van der Waals surface area contributed by atoms with Gasteiger partial charge in [0, 0.05) is 31.0 Å². The number of nitrogens with zero attached hydrogens (tertiary/aromatic N) is 3. The molecule has 1 spiro atoms. The summed E-state index contributed by atoms with van der Waals surface area (Å²) in [5.74, 6) is 0.0992. The zero-order chi connectivity index (χ0) is 19.7. The van der Waals surface area contributed by atoms with Crippen LogP contribution in [0.15, 0.2) is 54.6 Å². The number of carbonyl (C=O) groups excluding carboxylic acids is 2. The molecule has 2 aliphatic heterocycles. The third-order valence-electron chi connectivity index (χ3n) is 6.01. The van der Waals surface area contributed by atoms with Gasteiger partial charge in [0.05, 0.1) is 12.1 Å². The molecule has 2 aromatic carbocycles. The third kappa shape index (κ3) is 3.36. The average molecular weight is 378 g/mol. The van der Waals surface area contributed by atoms with Crippen molar-refractivity contribution < 1.29 is 9.59 Å². The molecule has 1 atom stereocenters. The van der Waals surface area contributed by atoms with E-state index in [4.69, 9.17) is 0 Å². The number of para-hydroxylation sites is 2. The van der Waals surface area contributed by atoms with E-state index in [0.717, 1.165) is 23.4 Å². The molecule has 0 aromatic heterocycles. The number of hydrogen-bond donors (Lipinski definition) is 1. The molecule has 146 valence electrons. The predicted octanol–water partition coefficient (Wildman–Crippen LogP) is 2.95. The fourth-order valence-electron chi connectivity index (χ4n) is 4.18. The number of hydrogen-bond acceptors (Lipinski definition) is 3. The smallest absolute Gasteiger partial charge is 0.321 e. The number of likely N-dealkylation sites (N-methyl/N-ethyl adjacent to an activating group) is 1. The van der Waals surface area contributed by atoms with Crippen molar-refractivity contribution in [3.05, 3.63) is 60.2 Å². The molecule has 0 aliphatic carbocycles. The quantitative estimate of drug-likeness (QED) is 0.874. The molecule has 2 saturated heterocycles. The second-order valence-corrected chi connectivity index (χ2v) is 7.81. The van der Waals surface area contributed by atoms with Gasteiger partial charge in [0.25, 0.3) is 0 Å². The highest BCUT2D eigenvalue weighted by atomic mass is 16.2. The van der Waals surface area contributed by atoms with E-state index >= 15 is 0 Å². The Morgan fingerprint density at radius 2 is 1.75 bits per heavy atom. The maximum absolute atomic E-state index is 12.8. The Kier molecular flexibility index (Phi) is 4.81. The van der Waals surface area contributed by atoms with Gasteiger partial charge in [-0.15, -0.1) is 0 Å². The fraction of sp³-hybridized carbons (Fsp3) is 0.364. The molecular weight excluding hydrogens is 352 g/mol. The summed E-state index contributed by atoms with van der Waals surface area (Å²) in [6.45, 7) is 4.23. The summed E-state index contributed by atoms with van der Waals surface area (Å²) in [7, 11) is 1.99. The number of piperazine rings is 1. The monoisotopic (exact) mass is 378 g/mol. The van der Waals surface area contributed by atoms with E-state index < -0.39 is 0 Å². The first-order valence-corrected chi connectivity index (χ1v) is 9.67. The van der Waals surface area contributed by atoms with Gasteiger partial charge in [-0.05, 0) is 44.2 Å². The van der Waals surface area contributed by atoms with Crippen LogP contribution in [0.4, 0.5) is 16.2 Å². The molecule has 2 fully saturated rings. The topological polar surface area (TPSA) is 55.9 Å². The van der Waals surface area contributed by atoms with E-state index in [9.17, 15) is 9.59 Å². The van der Waals surface area contributed by atoms with Gasteiger partial charge < -0.3 is 15.1 Å². The van der Waals surface area contributed by atoms with Crippen LogP contribution in [0.2, 0.25) is 0 Å². The molecule has 6 heteroatoms. The van der Waals surface area contributed by atoms with Crippen LogP contribution in [-0.4, -0.2) is 60.5 Å². The van der Waals surface area contributed by atoms with E-state index in [0.29, 0.717) is 26.2 Å².